The van der Waals surface area contributed by atoms with E-state index in [0.29, 0.717) is 16.0 Å². The zero-order chi connectivity index (χ0) is 16.6. The van der Waals surface area contributed by atoms with Crippen molar-refractivity contribution in [2.75, 3.05) is 26.2 Å². The minimum Gasteiger partial charge on any atom is -0.338 e. The Morgan fingerprint density at radius 3 is 2.79 bits per heavy atom. The van der Waals surface area contributed by atoms with E-state index in [0.717, 1.165) is 50.3 Å². The van der Waals surface area contributed by atoms with E-state index >= 15 is 0 Å². The zero-order valence-corrected chi connectivity index (χ0v) is 14.3. The van der Waals surface area contributed by atoms with Crippen LogP contribution in [-0.4, -0.2) is 47.2 Å². The van der Waals surface area contributed by atoms with Crippen LogP contribution in [0.3, 0.4) is 0 Å². The van der Waals surface area contributed by atoms with Crippen molar-refractivity contribution in [3.05, 3.63) is 41.0 Å². The predicted octanol–water partition coefficient (Wildman–Crippen LogP) is 2.95. The number of rotatable bonds is 2. The van der Waals surface area contributed by atoms with Crippen LogP contribution in [-0.2, 0) is 0 Å². The number of hydrogen-bond acceptors (Lipinski definition) is 3. The number of likely N-dealkylation sites (tertiary alicyclic amines) is 1. The van der Waals surface area contributed by atoms with E-state index < -0.39 is 0 Å². The summed E-state index contributed by atoms with van der Waals surface area (Å²) in [7, 11) is 0. The number of nitrogens with zero attached hydrogens (tertiary/aromatic N) is 2. The number of hydrogen-bond donors (Lipinski definition) is 2. The average Bonchev–Trinajstić information content (AvgIpc) is 3.25. The largest absolute Gasteiger partial charge is 0.338 e. The van der Waals surface area contributed by atoms with Gasteiger partial charge in [-0.1, -0.05) is 23.7 Å². The van der Waals surface area contributed by atoms with E-state index in [9.17, 15) is 4.79 Å². The third-order valence-corrected chi connectivity index (χ3v) is 5.66. The molecule has 1 aromatic carbocycles. The summed E-state index contributed by atoms with van der Waals surface area (Å²) in [4.78, 5) is 14.9. The second-order valence-electron chi connectivity index (χ2n) is 6.89. The van der Waals surface area contributed by atoms with Gasteiger partial charge in [-0.05, 0) is 43.4 Å². The highest BCUT2D eigenvalue weighted by Crippen LogP contribution is 2.37. The molecule has 4 rings (SSSR count). The zero-order valence-electron chi connectivity index (χ0n) is 13.5. The number of aromatic amines is 1. The van der Waals surface area contributed by atoms with E-state index in [4.69, 9.17) is 11.6 Å². The molecule has 0 atom stereocenters. The fraction of sp³-hybridized carbons (Fsp3) is 0.444. The van der Waals surface area contributed by atoms with Crippen molar-refractivity contribution in [1.82, 2.24) is 20.4 Å². The number of benzene rings is 1. The Bertz CT molecular complexity index is 741. The molecule has 5 nitrogen and oxygen atoms in total. The van der Waals surface area contributed by atoms with Gasteiger partial charge in [-0.15, -0.1) is 0 Å². The molecule has 3 heterocycles. The number of carbonyl (C=O) groups is 1. The monoisotopic (exact) mass is 344 g/mol. The summed E-state index contributed by atoms with van der Waals surface area (Å²) in [5.41, 5.74) is 2.66. The van der Waals surface area contributed by atoms with E-state index in [2.05, 4.69) is 15.5 Å². The van der Waals surface area contributed by atoms with Crippen LogP contribution >= 0.6 is 11.6 Å². The maximum atomic E-state index is 13.0. The van der Waals surface area contributed by atoms with Crippen molar-refractivity contribution in [2.45, 2.75) is 19.3 Å². The number of carbonyl (C=O) groups excluding carboxylic acids is 1. The number of H-pyrrole nitrogens is 1. The Kier molecular flexibility index (Phi) is 4.06. The Hall–Kier alpha value is -1.85. The van der Waals surface area contributed by atoms with Crippen molar-refractivity contribution in [2.24, 2.45) is 5.41 Å². The summed E-state index contributed by atoms with van der Waals surface area (Å²) in [5.74, 6) is 0.0551. The van der Waals surface area contributed by atoms with Crippen molar-refractivity contribution < 1.29 is 4.79 Å². The lowest BCUT2D eigenvalue weighted by Crippen LogP contribution is -2.44. The van der Waals surface area contributed by atoms with Gasteiger partial charge in [0.2, 0.25) is 0 Å². The van der Waals surface area contributed by atoms with Crippen molar-refractivity contribution in [3.8, 4) is 11.3 Å². The minimum atomic E-state index is 0.0551. The van der Waals surface area contributed by atoms with Crippen molar-refractivity contribution in [3.63, 3.8) is 0 Å². The van der Waals surface area contributed by atoms with Gasteiger partial charge in [0.25, 0.3) is 5.91 Å². The van der Waals surface area contributed by atoms with Gasteiger partial charge in [0.15, 0.2) is 0 Å². The summed E-state index contributed by atoms with van der Waals surface area (Å²) >= 11 is 6.08. The van der Waals surface area contributed by atoms with Gasteiger partial charge in [0.1, 0.15) is 0 Å². The molecule has 1 amide bonds. The fourth-order valence-corrected chi connectivity index (χ4v) is 4.08. The van der Waals surface area contributed by atoms with Crippen LogP contribution < -0.4 is 5.32 Å². The van der Waals surface area contributed by atoms with Gasteiger partial charge >= 0.3 is 0 Å². The summed E-state index contributed by atoms with van der Waals surface area (Å²) in [6, 6.07) is 7.49. The SMILES string of the molecule is O=C(c1cn[nH]c1-c1cccc(Cl)c1)N1CCC2(CCNC2)CC1. The van der Waals surface area contributed by atoms with Gasteiger partial charge < -0.3 is 10.2 Å². The summed E-state index contributed by atoms with van der Waals surface area (Å²) < 4.78 is 0. The van der Waals surface area contributed by atoms with Gasteiger partial charge in [0.05, 0.1) is 17.5 Å². The van der Waals surface area contributed by atoms with Crippen LogP contribution in [0.1, 0.15) is 29.6 Å². The third-order valence-electron chi connectivity index (χ3n) is 5.43. The molecule has 1 aromatic heterocycles. The van der Waals surface area contributed by atoms with Crippen LogP contribution in [0.2, 0.25) is 5.02 Å². The molecule has 2 saturated heterocycles. The molecular formula is C18H21ClN4O. The van der Waals surface area contributed by atoms with E-state index in [-0.39, 0.29) is 5.91 Å². The van der Waals surface area contributed by atoms with Crippen LogP contribution in [0.4, 0.5) is 0 Å². The van der Waals surface area contributed by atoms with Crippen LogP contribution in [0.15, 0.2) is 30.5 Å². The Morgan fingerprint density at radius 2 is 2.08 bits per heavy atom. The molecule has 2 aliphatic heterocycles. The second-order valence-corrected chi connectivity index (χ2v) is 7.32. The van der Waals surface area contributed by atoms with Crippen molar-refractivity contribution in [1.29, 1.82) is 0 Å². The van der Waals surface area contributed by atoms with Gasteiger partial charge in [-0.3, -0.25) is 9.89 Å². The normalized spacial score (nSPS) is 19.8. The number of halogens is 1. The first-order valence-electron chi connectivity index (χ1n) is 8.46. The maximum absolute atomic E-state index is 13.0. The Labute approximate surface area is 146 Å². The molecule has 126 valence electrons. The molecular weight excluding hydrogens is 324 g/mol. The third kappa shape index (κ3) is 2.82. The summed E-state index contributed by atoms with van der Waals surface area (Å²) in [5, 5.41) is 11.1. The van der Waals surface area contributed by atoms with E-state index in [1.807, 2.05) is 29.2 Å². The Morgan fingerprint density at radius 1 is 1.25 bits per heavy atom. The average molecular weight is 345 g/mol. The topological polar surface area (TPSA) is 61.0 Å². The Balaban J connectivity index is 1.53. The van der Waals surface area contributed by atoms with Gasteiger partial charge in [-0.2, -0.15) is 5.10 Å². The molecule has 6 heteroatoms. The number of aromatic nitrogens is 2. The highest BCUT2D eigenvalue weighted by Gasteiger charge is 2.38. The first kappa shape index (κ1) is 15.7. The molecule has 0 saturated carbocycles. The molecule has 2 aromatic rings. The lowest BCUT2D eigenvalue weighted by molar-refractivity contribution is 0.0608. The smallest absolute Gasteiger partial charge is 0.257 e. The molecule has 24 heavy (non-hydrogen) atoms. The van der Waals surface area contributed by atoms with Crippen molar-refractivity contribution >= 4 is 17.5 Å². The lowest BCUT2D eigenvalue weighted by Gasteiger charge is -2.38. The fourth-order valence-electron chi connectivity index (χ4n) is 3.89. The minimum absolute atomic E-state index is 0.0551. The second kappa shape index (κ2) is 6.22. The highest BCUT2D eigenvalue weighted by atomic mass is 35.5. The number of amides is 1. The van der Waals surface area contributed by atoms with Gasteiger partial charge in [0, 0.05) is 30.2 Å². The first-order valence-corrected chi connectivity index (χ1v) is 8.84. The molecule has 0 radical (unpaired) electrons. The van der Waals surface area contributed by atoms with E-state index in [1.54, 1.807) is 6.20 Å². The van der Waals surface area contributed by atoms with Gasteiger partial charge in [-0.25, -0.2) is 0 Å². The quantitative estimate of drug-likeness (QED) is 0.880. The molecule has 0 bridgehead atoms. The van der Waals surface area contributed by atoms with Crippen LogP contribution in [0.25, 0.3) is 11.3 Å². The molecule has 2 N–H and O–H groups in total. The van der Waals surface area contributed by atoms with Crippen LogP contribution in [0.5, 0.6) is 0 Å². The van der Waals surface area contributed by atoms with E-state index in [1.165, 1.54) is 6.42 Å². The lowest BCUT2D eigenvalue weighted by atomic mass is 9.78. The number of piperidine rings is 1. The molecule has 0 aliphatic carbocycles. The highest BCUT2D eigenvalue weighted by molar-refractivity contribution is 6.30. The standard InChI is InChI=1S/C18H21ClN4O/c19-14-3-1-2-13(10-14)16-15(11-21-22-16)17(24)23-8-5-18(6-9-23)4-7-20-12-18/h1-3,10-11,20H,4-9,12H2,(H,21,22). The summed E-state index contributed by atoms with van der Waals surface area (Å²) in [6.45, 7) is 3.84. The molecule has 2 fully saturated rings. The van der Waals surface area contributed by atoms with Crippen LogP contribution in [0, 0.1) is 5.41 Å². The maximum Gasteiger partial charge on any atom is 0.257 e. The molecule has 2 aliphatic rings. The molecule has 0 unspecified atom stereocenters. The summed E-state index contributed by atoms with van der Waals surface area (Å²) in [6.07, 6.45) is 5.01. The number of nitrogens with one attached hydrogen (secondary N) is 2. The predicted molar refractivity (Wildman–Crippen MR) is 94.1 cm³/mol. The first-order chi connectivity index (χ1) is 11.7. The molecule has 1 spiro atoms.